The molecule has 0 aliphatic carbocycles. The average Bonchev–Trinajstić information content (AvgIpc) is 2.81. The van der Waals surface area contributed by atoms with Crippen LogP contribution in [0.5, 0.6) is 0 Å². The van der Waals surface area contributed by atoms with Gasteiger partial charge in [-0.15, -0.1) is 12.4 Å². The first-order valence-corrected chi connectivity index (χ1v) is 13.1. The van der Waals surface area contributed by atoms with E-state index in [1.165, 1.54) is 6.08 Å². The van der Waals surface area contributed by atoms with Gasteiger partial charge in [0, 0.05) is 37.0 Å². The standard InChI is InChI=1S/C25H36N2O4Si.ClH/c1-5-24(28)27-22-16-14-21(15-17-22)25(20-12-10-9-11-13-20)23(18-19-26)32(29-6-2,30-7-3)31-8-4;/h5,9-17,23,25H,1,6-8,18-19,26H2,2-4H3,(H,27,28);1H. The molecule has 2 unspecified atom stereocenters. The van der Waals surface area contributed by atoms with Crippen molar-refractivity contribution in [3.8, 4) is 0 Å². The number of hydrogen-bond acceptors (Lipinski definition) is 5. The van der Waals surface area contributed by atoms with Crippen LogP contribution in [0.3, 0.4) is 0 Å². The predicted molar refractivity (Wildman–Crippen MR) is 139 cm³/mol. The number of hydrogen-bond donors (Lipinski definition) is 2. The number of rotatable bonds is 14. The summed E-state index contributed by atoms with van der Waals surface area (Å²) in [6.45, 7) is 11.4. The van der Waals surface area contributed by atoms with Crippen molar-refractivity contribution < 1.29 is 18.1 Å². The fraction of sp³-hybridized carbons (Fsp3) is 0.400. The topological polar surface area (TPSA) is 82.8 Å². The number of anilines is 1. The van der Waals surface area contributed by atoms with Gasteiger partial charge in [-0.25, -0.2) is 0 Å². The Morgan fingerprint density at radius 2 is 1.48 bits per heavy atom. The maximum Gasteiger partial charge on any atom is 0.505 e. The lowest BCUT2D eigenvalue weighted by Gasteiger charge is -2.39. The van der Waals surface area contributed by atoms with E-state index >= 15 is 0 Å². The molecule has 0 saturated carbocycles. The third kappa shape index (κ3) is 7.77. The van der Waals surface area contributed by atoms with E-state index in [0.29, 0.717) is 38.5 Å². The summed E-state index contributed by atoms with van der Waals surface area (Å²) < 4.78 is 18.9. The van der Waals surface area contributed by atoms with Gasteiger partial charge in [0.05, 0.1) is 0 Å². The quantitative estimate of drug-likeness (QED) is 0.282. The second-order valence-electron chi connectivity index (χ2n) is 7.29. The predicted octanol–water partition coefficient (Wildman–Crippen LogP) is 5.13. The molecule has 0 aliphatic heterocycles. The molecule has 0 heterocycles. The van der Waals surface area contributed by atoms with Gasteiger partial charge in [-0.3, -0.25) is 4.79 Å². The van der Waals surface area contributed by atoms with Crippen LogP contribution in [0.4, 0.5) is 5.69 Å². The van der Waals surface area contributed by atoms with E-state index in [0.717, 1.165) is 11.1 Å². The van der Waals surface area contributed by atoms with Crippen molar-refractivity contribution >= 4 is 32.8 Å². The van der Waals surface area contributed by atoms with Gasteiger partial charge in [0.25, 0.3) is 0 Å². The van der Waals surface area contributed by atoms with Crippen LogP contribution in [0.25, 0.3) is 0 Å². The molecule has 8 heteroatoms. The second kappa shape index (κ2) is 15.0. The molecule has 0 spiro atoms. The van der Waals surface area contributed by atoms with Crippen molar-refractivity contribution in [2.45, 2.75) is 38.7 Å². The Bertz CT molecular complexity index is 819. The third-order valence-corrected chi connectivity index (χ3v) is 8.86. The molecule has 33 heavy (non-hydrogen) atoms. The number of carbonyl (C=O) groups is 1. The normalized spacial score (nSPS) is 13.0. The molecule has 6 nitrogen and oxygen atoms in total. The van der Waals surface area contributed by atoms with Crippen molar-refractivity contribution in [2.75, 3.05) is 31.7 Å². The largest absolute Gasteiger partial charge is 0.505 e. The Balaban J connectivity index is 0.00000544. The molecule has 0 fully saturated rings. The Kier molecular flexibility index (Phi) is 13.2. The van der Waals surface area contributed by atoms with E-state index < -0.39 is 8.80 Å². The molecular formula is C25H37ClN2O4Si. The lowest BCUT2D eigenvalue weighted by atomic mass is 9.86. The molecule has 1 amide bonds. The van der Waals surface area contributed by atoms with Crippen molar-refractivity contribution in [2.24, 2.45) is 5.73 Å². The Hall–Kier alpha value is -2.00. The van der Waals surface area contributed by atoms with Gasteiger partial charge < -0.3 is 24.3 Å². The minimum atomic E-state index is -3.08. The monoisotopic (exact) mass is 492 g/mol. The molecule has 0 aromatic heterocycles. The van der Waals surface area contributed by atoms with E-state index in [4.69, 9.17) is 19.0 Å². The number of halogens is 1. The van der Waals surface area contributed by atoms with Crippen molar-refractivity contribution in [1.29, 1.82) is 0 Å². The fourth-order valence-corrected chi connectivity index (χ4v) is 7.47. The molecule has 2 rings (SSSR count). The highest BCUT2D eigenvalue weighted by atomic mass is 35.5. The molecule has 3 N–H and O–H groups in total. The smallest absolute Gasteiger partial charge is 0.374 e. The van der Waals surface area contributed by atoms with Crippen LogP contribution in [-0.2, 0) is 18.1 Å². The van der Waals surface area contributed by atoms with Gasteiger partial charge in [0.15, 0.2) is 0 Å². The number of carbonyl (C=O) groups excluding carboxylic acids is 1. The van der Waals surface area contributed by atoms with Gasteiger partial charge in [-0.05, 0) is 63.1 Å². The Labute approximate surface area is 205 Å². The number of nitrogens with two attached hydrogens (primary N) is 1. The van der Waals surface area contributed by atoms with Gasteiger partial charge in [-0.2, -0.15) is 0 Å². The van der Waals surface area contributed by atoms with E-state index in [1.807, 2.05) is 63.2 Å². The fourth-order valence-electron chi connectivity index (χ4n) is 4.06. The summed E-state index contributed by atoms with van der Waals surface area (Å²) in [5.41, 5.74) is 8.98. The maximum atomic E-state index is 11.7. The highest BCUT2D eigenvalue weighted by Gasteiger charge is 2.52. The summed E-state index contributed by atoms with van der Waals surface area (Å²) in [5, 5.41) is 2.80. The maximum absolute atomic E-state index is 11.7. The van der Waals surface area contributed by atoms with E-state index in [1.54, 1.807) is 0 Å². The number of benzene rings is 2. The lowest BCUT2D eigenvalue weighted by Crippen LogP contribution is -2.52. The summed E-state index contributed by atoms with van der Waals surface area (Å²) in [4.78, 5) is 11.7. The molecule has 2 atom stereocenters. The van der Waals surface area contributed by atoms with E-state index in [9.17, 15) is 4.79 Å². The van der Waals surface area contributed by atoms with Crippen LogP contribution in [0, 0.1) is 0 Å². The van der Waals surface area contributed by atoms with Crippen LogP contribution in [0.15, 0.2) is 67.3 Å². The van der Waals surface area contributed by atoms with E-state index in [2.05, 4.69) is 24.0 Å². The molecular weight excluding hydrogens is 456 g/mol. The third-order valence-electron chi connectivity index (χ3n) is 5.25. The first-order chi connectivity index (χ1) is 15.5. The first kappa shape index (κ1) is 29.0. The van der Waals surface area contributed by atoms with Gasteiger partial charge in [0.2, 0.25) is 5.91 Å². The summed E-state index contributed by atoms with van der Waals surface area (Å²) in [7, 11) is -3.08. The minimum absolute atomic E-state index is 0. The Morgan fingerprint density at radius 3 is 1.94 bits per heavy atom. The molecule has 2 aromatic rings. The second-order valence-corrected chi connectivity index (χ2v) is 10.1. The molecule has 182 valence electrons. The Morgan fingerprint density at radius 1 is 0.970 bits per heavy atom. The zero-order valence-corrected chi connectivity index (χ0v) is 21.6. The van der Waals surface area contributed by atoms with Crippen LogP contribution in [0.1, 0.15) is 44.2 Å². The summed E-state index contributed by atoms with van der Waals surface area (Å²) in [6, 6.07) is 18.2. The number of nitrogens with one attached hydrogen (secondary N) is 1. The summed E-state index contributed by atoms with van der Waals surface area (Å²) in [6.07, 6.45) is 1.95. The van der Waals surface area contributed by atoms with Crippen LogP contribution in [-0.4, -0.2) is 41.1 Å². The summed E-state index contributed by atoms with van der Waals surface area (Å²) >= 11 is 0. The zero-order valence-electron chi connectivity index (χ0n) is 19.8. The SMILES string of the molecule is C=CC(=O)Nc1ccc(C(c2ccccc2)C(CCN)[Si](OCC)(OCC)OCC)cc1.Cl. The highest BCUT2D eigenvalue weighted by molar-refractivity contribution is 6.62. The average molecular weight is 493 g/mol. The van der Waals surface area contributed by atoms with E-state index in [-0.39, 0.29) is 29.8 Å². The molecule has 2 aromatic carbocycles. The first-order valence-electron chi connectivity index (χ1n) is 11.2. The van der Waals surface area contributed by atoms with Crippen molar-refractivity contribution in [3.05, 3.63) is 78.4 Å². The van der Waals surface area contributed by atoms with Crippen LogP contribution >= 0.6 is 12.4 Å². The summed E-state index contributed by atoms with van der Waals surface area (Å²) in [5.74, 6) is -0.283. The van der Waals surface area contributed by atoms with Gasteiger partial charge in [-0.1, -0.05) is 49.0 Å². The molecule has 0 bridgehead atoms. The van der Waals surface area contributed by atoms with Crippen molar-refractivity contribution in [1.82, 2.24) is 0 Å². The zero-order chi connectivity index (χ0) is 23.4. The highest BCUT2D eigenvalue weighted by Crippen LogP contribution is 2.45. The molecule has 0 saturated heterocycles. The number of amides is 1. The van der Waals surface area contributed by atoms with Gasteiger partial charge >= 0.3 is 8.80 Å². The minimum Gasteiger partial charge on any atom is -0.374 e. The van der Waals surface area contributed by atoms with Crippen molar-refractivity contribution in [3.63, 3.8) is 0 Å². The van der Waals surface area contributed by atoms with Crippen LogP contribution < -0.4 is 11.1 Å². The molecule has 0 aliphatic rings. The molecule has 0 radical (unpaired) electrons. The van der Waals surface area contributed by atoms with Crippen LogP contribution in [0.2, 0.25) is 5.54 Å². The van der Waals surface area contributed by atoms with Gasteiger partial charge in [0.1, 0.15) is 0 Å². The lowest BCUT2D eigenvalue weighted by molar-refractivity contribution is -0.111.